The zero-order valence-electron chi connectivity index (χ0n) is 13.9. The van der Waals surface area contributed by atoms with Crippen molar-refractivity contribution in [1.82, 2.24) is 4.98 Å². The van der Waals surface area contributed by atoms with Crippen molar-refractivity contribution in [2.75, 3.05) is 5.73 Å². The largest absolute Gasteiger partial charge is 0.490 e. The first-order valence-corrected chi connectivity index (χ1v) is 8.44. The van der Waals surface area contributed by atoms with Crippen molar-refractivity contribution in [3.05, 3.63) is 29.5 Å². The molecular formula is C19H26N2O. The monoisotopic (exact) mass is 298 g/mol. The SMILES string of the molecule is CCc1c(C)nc2cccc(O[C@H]3CC[C@H](C)CC3)c2c1N. The fourth-order valence-corrected chi connectivity index (χ4v) is 3.55. The van der Waals surface area contributed by atoms with E-state index in [2.05, 4.69) is 13.8 Å². The molecule has 0 aliphatic heterocycles. The lowest BCUT2D eigenvalue weighted by Crippen LogP contribution is -2.23. The summed E-state index contributed by atoms with van der Waals surface area (Å²) >= 11 is 0. The molecule has 1 aromatic heterocycles. The number of anilines is 1. The molecule has 3 heteroatoms. The lowest BCUT2D eigenvalue weighted by atomic mass is 9.89. The molecule has 1 aromatic carbocycles. The number of nitrogens with zero attached hydrogens (tertiary/aromatic N) is 1. The molecule has 22 heavy (non-hydrogen) atoms. The smallest absolute Gasteiger partial charge is 0.131 e. The van der Waals surface area contributed by atoms with Crippen LogP contribution >= 0.6 is 0 Å². The Bertz CT molecular complexity index is 673. The minimum absolute atomic E-state index is 0.313. The first-order valence-electron chi connectivity index (χ1n) is 8.44. The maximum atomic E-state index is 6.44. The van der Waals surface area contributed by atoms with Crippen LogP contribution in [-0.2, 0) is 6.42 Å². The standard InChI is InChI=1S/C19H26N2O/c1-4-15-13(3)21-16-6-5-7-17(18(16)19(15)20)22-14-10-8-12(2)9-11-14/h5-7,12,14H,4,8-11H2,1-3H3,(H2,20,21)/t12-,14-. The molecule has 1 aliphatic rings. The van der Waals surface area contributed by atoms with Crippen molar-refractivity contribution in [2.45, 2.75) is 59.0 Å². The van der Waals surface area contributed by atoms with E-state index >= 15 is 0 Å². The highest BCUT2D eigenvalue weighted by atomic mass is 16.5. The van der Waals surface area contributed by atoms with Crippen LogP contribution in [0, 0.1) is 12.8 Å². The molecule has 1 aliphatic carbocycles. The number of aryl methyl sites for hydroxylation is 1. The third-order valence-electron chi connectivity index (χ3n) is 4.93. The Morgan fingerprint density at radius 1 is 1.23 bits per heavy atom. The van der Waals surface area contributed by atoms with Crippen LogP contribution in [0.4, 0.5) is 5.69 Å². The summed E-state index contributed by atoms with van der Waals surface area (Å²) in [5.41, 5.74) is 10.4. The van der Waals surface area contributed by atoms with E-state index in [1.807, 2.05) is 25.1 Å². The second-order valence-electron chi connectivity index (χ2n) is 6.59. The van der Waals surface area contributed by atoms with Gasteiger partial charge in [-0.1, -0.05) is 19.9 Å². The van der Waals surface area contributed by atoms with Crippen molar-refractivity contribution in [1.29, 1.82) is 0 Å². The molecule has 1 fully saturated rings. The Morgan fingerprint density at radius 2 is 1.95 bits per heavy atom. The number of nitrogen functional groups attached to an aromatic ring is 1. The van der Waals surface area contributed by atoms with E-state index in [4.69, 9.17) is 15.5 Å². The summed E-state index contributed by atoms with van der Waals surface area (Å²) in [6.07, 6.45) is 5.99. The van der Waals surface area contributed by atoms with Gasteiger partial charge in [0.05, 0.1) is 17.0 Å². The molecule has 3 nitrogen and oxygen atoms in total. The predicted octanol–water partition coefficient (Wildman–Crippen LogP) is 4.65. The molecule has 1 saturated carbocycles. The predicted molar refractivity (Wildman–Crippen MR) is 92.3 cm³/mol. The number of aromatic nitrogens is 1. The first kappa shape index (κ1) is 15.1. The number of ether oxygens (including phenoxy) is 1. The Hall–Kier alpha value is -1.77. The average Bonchev–Trinajstić information content (AvgIpc) is 2.50. The van der Waals surface area contributed by atoms with Gasteiger partial charge in [0, 0.05) is 11.4 Å². The van der Waals surface area contributed by atoms with Gasteiger partial charge in [0.2, 0.25) is 0 Å². The van der Waals surface area contributed by atoms with Crippen LogP contribution in [0.3, 0.4) is 0 Å². The zero-order valence-corrected chi connectivity index (χ0v) is 13.9. The van der Waals surface area contributed by atoms with Crippen molar-refractivity contribution < 1.29 is 4.74 Å². The Kier molecular flexibility index (Phi) is 4.23. The molecule has 1 heterocycles. The van der Waals surface area contributed by atoms with Gasteiger partial charge in [-0.15, -0.1) is 0 Å². The summed E-state index contributed by atoms with van der Waals surface area (Å²) in [6.45, 7) is 6.48. The molecule has 118 valence electrons. The molecular weight excluding hydrogens is 272 g/mol. The maximum Gasteiger partial charge on any atom is 0.131 e. The van der Waals surface area contributed by atoms with E-state index in [1.165, 1.54) is 12.8 Å². The van der Waals surface area contributed by atoms with Crippen molar-refractivity contribution >= 4 is 16.6 Å². The molecule has 0 amide bonds. The van der Waals surface area contributed by atoms with Gasteiger partial charge in [-0.3, -0.25) is 4.98 Å². The van der Waals surface area contributed by atoms with E-state index in [9.17, 15) is 0 Å². The summed E-state index contributed by atoms with van der Waals surface area (Å²) in [4.78, 5) is 4.71. The summed E-state index contributed by atoms with van der Waals surface area (Å²) in [5, 5.41) is 0.989. The number of hydrogen-bond donors (Lipinski definition) is 1. The van der Waals surface area contributed by atoms with Gasteiger partial charge in [0.25, 0.3) is 0 Å². The number of fused-ring (bicyclic) bond motifs is 1. The van der Waals surface area contributed by atoms with Gasteiger partial charge in [-0.25, -0.2) is 0 Å². The minimum Gasteiger partial charge on any atom is -0.490 e. The van der Waals surface area contributed by atoms with Crippen LogP contribution < -0.4 is 10.5 Å². The number of rotatable bonds is 3. The van der Waals surface area contributed by atoms with Gasteiger partial charge < -0.3 is 10.5 Å². The fourth-order valence-electron chi connectivity index (χ4n) is 3.55. The molecule has 0 radical (unpaired) electrons. The van der Waals surface area contributed by atoms with E-state index in [0.29, 0.717) is 6.10 Å². The number of pyridine rings is 1. The van der Waals surface area contributed by atoms with Crippen LogP contribution in [0.1, 0.15) is 50.8 Å². The summed E-state index contributed by atoms with van der Waals surface area (Å²) in [7, 11) is 0. The molecule has 0 atom stereocenters. The molecule has 0 saturated heterocycles. The Morgan fingerprint density at radius 3 is 2.64 bits per heavy atom. The summed E-state index contributed by atoms with van der Waals surface area (Å²) in [5.74, 6) is 1.73. The number of hydrogen-bond acceptors (Lipinski definition) is 3. The van der Waals surface area contributed by atoms with E-state index < -0.39 is 0 Å². The van der Waals surface area contributed by atoms with Gasteiger partial charge in [-0.2, -0.15) is 0 Å². The third-order valence-corrected chi connectivity index (χ3v) is 4.93. The average molecular weight is 298 g/mol. The summed E-state index contributed by atoms with van der Waals surface area (Å²) < 4.78 is 6.32. The van der Waals surface area contributed by atoms with Crippen LogP contribution in [-0.4, -0.2) is 11.1 Å². The lowest BCUT2D eigenvalue weighted by Gasteiger charge is -2.27. The van der Waals surface area contributed by atoms with E-state index in [1.54, 1.807) is 0 Å². The van der Waals surface area contributed by atoms with Crippen molar-refractivity contribution in [3.63, 3.8) is 0 Å². The van der Waals surface area contributed by atoms with Crippen LogP contribution in [0.5, 0.6) is 5.75 Å². The van der Waals surface area contributed by atoms with E-state index in [0.717, 1.165) is 58.8 Å². The van der Waals surface area contributed by atoms with Crippen LogP contribution in [0.25, 0.3) is 10.9 Å². The minimum atomic E-state index is 0.313. The molecule has 0 spiro atoms. The fraction of sp³-hybridized carbons (Fsp3) is 0.526. The van der Waals surface area contributed by atoms with Gasteiger partial charge >= 0.3 is 0 Å². The molecule has 0 unspecified atom stereocenters. The number of benzene rings is 1. The molecule has 2 aromatic rings. The topological polar surface area (TPSA) is 48.1 Å². The highest BCUT2D eigenvalue weighted by Crippen LogP contribution is 2.36. The molecule has 2 N–H and O–H groups in total. The lowest BCUT2D eigenvalue weighted by molar-refractivity contribution is 0.137. The van der Waals surface area contributed by atoms with Crippen LogP contribution in [0.2, 0.25) is 0 Å². The highest BCUT2D eigenvalue weighted by molar-refractivity contribution is 5.97. The highest BCUT2D eigenvalue weighted by Gasteiger charge is 2.21. The second-order valence-corrected chi connectivity index (χ2v) is 6.59. The second kappa shape index (κ2) is 6.15. The van der Waals surface area contributed by atoms with Crippen molar-refractivity contribution in [3.8, 4) is 5.75 Å². The van der Waals surface area contributed by atoms with E-state index in [-0.39, 0.29) is 0 Å². The van der Waals surface area contributed by atoms with Crippen LogP contribution in [0.15, 0.2) is 18.2 Å². The quantitative estimate of drug-likeness (QED) is 0.897. The molecule has 3 rings (SSSR count). The Labute approximate surface area is 132 Å². The normalized spacial score (nSPS) is 22.0. The first-order chi connectivity index (χ1) is 10.6. The Balaban J connectivity index is 1.99. The van der Waals surface area contributed by atoms with Gasteiger partial charge in [-0.05, 0) is 62.6 Å². The van der Waals surface area contributed by atoms with Gasteiger partial charge in [0.15, 0.2) is 0 Å². The maximum absolute atomic E-state index is 6.44. The zero-order chi connectivity index (χ0) is 15.7. The summed E-state index contributed by atoms with van der Waals surface area (Å²) in [6, 6.07) is 6.07. The molecule has 0 bridgehead atoms. The van der Waals surface area contributed by atoms with Crippen molar-refractivity contribution in [2.24, 2.45) is 5.92 Å². The third kappa shape index (κ3) is 2.77. The number of nitrogens with two attached hydrogens (primary N) is 1. The van der Waals surface area contributed by atoms with Gasteiger partial charge in [0.1, 0.15) is 5.75 Å².